The van der Waals surface area contributed by atoms with Gasteiger partial charge >= 0.3 is 0 Å². The van der Waals surface area contributed by atoms with Crippen LogP contribution in [-0.2, 0) is 5.41 Å². The molecule has 0 heterocycles. The standard InChI is InChI=1S/C29H31N5O2/c1-31-28(33-21-30)34-23-16-18-29(19-17-23,22-10-4-2-5-11-22)20-32-27(35)25-14-8-9-15-26(25)36-24-12-6-3-7-13-24/h2-15,23H,16-20H2,1H3,(H,32,35)(H2,31,33,34). The Kier molecular flexibility index (Phi) is 8.20. The van der Waals surface area contributed by atoms with Crippen LogP contribution in [0.4, 0.5) is 0 Å². The maximum Gasteiger partial charge on any atom is 0.255 e. The maximum absolute atomic E-state index is 13.3. The summed E-state index contributed by atoms with van der Waals surface area (Å²) < 4.78 is 6.00. The van der Waals surface area contributed by atoms with E-state index in [9.17, 15) is 4.79 Å². The van der Waals surface area contributed by atoms with Gasteiger partial charge in [0.05, 0.1) is 5.56 Å². The van der Waals surface area contributed by atoms with Gasteiger partial charge in [-0.2, -0.15) is 5.26 Å². The molecule has 0 bridgehead atoms. The third kappa shape index (κ3) is 6.02. The van der Waals surface area contributed by atoms with Crippen LogP contribution in [0.5, 0.6) is 11.5 Å². The summed E-state index contributed by atoms with van der Waals surface area (Å²) in [6.45, 7) is 0.521. The minimum atomic E-state index is -0.184. The maximum atomic E-state index is 13.3. The van der Waals surface area contributed by atoms with E-state index in [-0.39, 0.29) is 17.4 Å². The second kappa shape index (κ2) is 11.9. The first-order valence-corrected chi connectivity index (χ1v) is 12.2. The number of hydrogen-bond donors (Lipinski definition) is 3. The monoisotopic (exact) mass is 481 g/mol. The minimum Gasteiger partial charge on any atom is -0.457 e. The van der Waals surface area contributed by atoms with E-state index in [1.165, 1.54) is 5.56 Å². The lowest BCUT2D eigenvalue weighted by molar-refractivity contribution is 0.0932. The Balaban J connectivity index is 1.48. The highest BCUT2D eigenvalue weighted by Gasteiger charge is 2.37. The summed E-state index contributed by atoms with van der Waals surface area (Å²) in [6.07, 6.45) is 5.39. The number of para-hydroxylation sites is 2. The Morgan fingerprint density at radius 2 is 1.64 bits per heavy atom. The number of benzene rings is 3. The number of amides is 1. The largest absolute Gasteiger partial charge is 0.457 e. The van der Waals surface area contributed by atoms with Gasteiger partial charge in [-0.05, 0) is 55.5 Å². The van der Waals surface area contributed by atoms with Gasteiger partial charge in [-0.3, -0.25) is 4.79 Å². The van der Waals surface area contributed by atoms with Crippen molar-refractivity contribution in [3.05, 3.63) is 96.1 Å². The summed E-state index contributed by atoms with van der Waals surface area (Å²) >= 11 is 0. The molecule has 0 spiro atoms. The molecule has 0 unspecified atom stereocenters. The van der Waals surface area contributed by atoms with Crippen LogP contribution < -0.4 is 20.7 Å². The summed E-state index contributed by atoms with van der Waals surface area (Å²) in [5.41, 5.74) is 1.54. The lowest BCUT2D eigenvalue weighted by Crippen LogP contribution is -2.49. The third-order valence-corrected chi connectivity index (χ3v) is 6.76. The number of nitrogens with zero attached hydrogens (tertiary/aromatic N) is 2. The van der Waals surface area contributed by atoms with Crippen LogP contribution in [-0.4, -0.2) is 31.5 Å². The first-order valence-electron chi connectivity index (χ1n) is 12.2. The first-order chi connectivity index (χ1) is 17.6. The summed E-state index contributed by atoms with van der Waals surface area (Å²) in [7, 11) is 1.75. The molecule has 1 aliphatic carbocycles. The quantitative estimate of drug-likeness (QED) is 0.257. The van der Waals surface area contributed by atoms with Crippen LogP contribution >= 0.6 is 0 Å². The summed E-state index contributed by atoms with van der Waals surface area (Å²) in [4.78, 5) is 17.1. The van der Waals surface area contributed by atoms with Crippen molar-refractivity contribution < 1.29 is 9.53 Å². The van der Waals surface area contributed by atoms with Crippen LogP contribution in [0, 0.1) is 11.5 Å². The molecule has 3 aromatic rings. The first kappa shape index (κ1) is 24.8. The third-order valence-electron chi connectivity index (χ3n) is 6.76. The molecule has 1 aliphatic rings. The van der Waals surface area contributed by atoms with Crippen molar-refractivity contribution in [3.8, 4) is 17.7 Å². The van der Waals surface area contributed by atoms with Crippen molar-refractivity contribution >= 4 is 11.9 Å². The molecule has 1 amide bonds. The van der Waals surface area contributed by atoms with Gasteiger partial charge in [0.15, 0.2) is 0 Å². The van der Waals surface area contributed by atoms with Crippen molar-refractivity contribution in [2.45, 2.75) is 37.1 Å². The molecule has 3 N–H and O–H groups in total. The van der Waals surface area contributed by atoms with Crippen LogP contribution in [0.15, 0.2) is 89.9 Å². The van der Waals surface area contributed by atoms with Crippen molar-refractivity contribution in [1.29, 1.82) is 5.26 Å². The molecule has 1 fully saturated rings. The highest BCUT2D eigenvalue weighted by atomic mass is 16.5. The highest BCUT2D eigenvalue weighted by Crippen LogP contribution is 2.39. The van der Waals surface area contributed by atoms with Crippen molar-refractivity contribution in [3.63, 3.8) is 0 Å². The predicted octanol–water partition coefficient (Wildman–Crippen LogP) is 4.74. The van der Waals surface area contributed by atoms with Gasteiger partial charge in [0, 0.05) is 25.0 Å². The molecule has 0 aromatic heterocycles. The van der Waals surface area contributed by atoms with Crippen LogP contribution in [0.2, 0.25) is 0 Å². The van der Waals surface area contributed by atoms with Gasteiger partial charge in [0.25, 0.3) is 5.91 Å². The molecule has 0 atom stereocenters. The topological polar surface area (TPSA) is 98.5 Å². The number of hydrogen-bond acceptors (Lipinski definition) is 4. The van der Waals surface area contributed by atoms with Crippen LogP contribution in [0.3, 0.4) is 0 Å². The van der Waals surface area contributed by atoms with E-state index < -0.39 is 0 Å². The van der Waals surface area contributed by atoms with Gasteiger partial charge in [0.2, 0.25) is 12.2 Å². The molecule has 0 radical (unpaired) electrons. The smallest absolute Gasteiger partial charge is 0.255 e. The van der Waals surface area contributed by atoms with Crippen molar-refractivity contribution in [2.24, 2.45) is 4.99 Å². The Hall–Kier alpha value is -4.31. The Morgan fingerprint density at radius 3 is 2.31 bits per heavy atom. The van der Waals surface area contributed by atoms with E-state index in [4.69, 9.17) is 10.00 Å². The molecule has 7 heteroatoms. The molecule has 36 heavy (non-hydrogen) atoms. The summed E-state index contributed by atoms with van der Waals surface area (Å²) in [6, 6.07) is 27.4. The number of nitrogens with one attached hydrogen (secondary N) is 3. The zero-order valence-corrected chi connectivity index (χ0v) is 20.4. The molecular weight excluding hydrogens is 450 g/mol. The number of rotatable bonds is 7. The lowest BCUT2D eigenvalue weighted by Gasteiger charge is -2.41. The van der Waals surface area contributed by atoms with E-state index in [2.05, 4.69) is 33.1 Å². The fourth-order valence-electron chi connectivity index (χ4n) is 4.78. The molecule has 184 valence electrons. The Bertz CT molecular complexity index is 1210. The van der Waals surface area contributed by atoms with Gasteiger partial charge in [-0.15, -0.1) is 4.99 Å². The lowest BCUT2D eigenvalue weighted by atomic mass is 9.68. The fraction of sp³-hybridized carbons (Fsp3) is 0.276. The van der Waals surface area contributed by atoms with E-state index in [0.717, 1.165) is 25.7 Å². The van der Waals surface area contributed by atoms with E-state index in [1.54, 1.807) is 13.1 Å². The molecular formula is C29H31N5O2. The van der Waals surface area contributed by atoms with E-state index in [1.807, 2.05) is 72.9 Å². The molecule has 0 saturated heterocycles. The molecule has 1 saturated carbocycles. The van der Waals surface area contributed by atoms with Crippen LogP contribution in [0.25, 0.3) is 0 Å². The predicted molar refractivity (Wildman–Crippen MR) is 141 cm³/mol. The van der Waals surface area contributed by atoms with E-state index >= 15 is 0 Å². The van der Waals surface area contributed by atoms with E-state index in [0.29, 0.717) is 29.6 Å². The van der Waals surface area contributed by atoms with Gasteiger partial charge in [0.1, 0.15) is 11.5 Å². The molecule has 4 rings (SSSR count). The zero-order chi connectivity index (χ0) is 25.2. The average molecular weight is 482 g/mol. The average Bonchev–Trinajstić information content (AvgIpc) is 2.93. The van der Waals surface area contributed by atoms with Gasteiger partial charge in [-0.25, -0.2) is 0 Å². The van der Waals surface area contributed by atoms with Gasteiger partial charge in [-0.1, -0.05) is 60.7 Å². The molecule has 7 nitrogen and oxygen atoms in total. The summed E-state index contributed by atoms with van der Waals surface area (Å²) in [5, 5.41) is 18.3. The normalized spacial score (nSPS) is 19.6. The Morgan fingerprint density at radius 1 is 1.00 bits per heavy atom. The number of aliphatic imine (C=N–C) groups is 1. The van der Waals surface area contributed by atoms with Gasteiger partial charge < -0.3 is 20.7 Å². The molecule has 3 aromatic carbocycles. The number of guanidine groups is 1. The number of carbonyl (C=O) groups excluding carboxylic acids is 1. The second-order valence-corrected chi connectivity index (χ2v) is 8.97. The second-order valence-electron chi connectivity index (χ2n) is 8.97. The minimum absolute atomic E-state index is 0.157. The number of carbonyl (C=O) groups is 1. The zero-order valence-electron chi connectivity index (χ0n) is 20.4. The fourth-order valence-corrected chi connectivity index (χ4v) is 4.78. The van der Waals surface area contributed by atoms with Crippen LogP contribution in [0.1, 0.15) is 41.6 Å². The SMILES string of the molecule is CN/C(=N\C#N)NC1CCC(CNC(=O)c2ccccc2Oc2ccccc2)(c2ccccc2)CC1. The number of ether oxygens (including phenoxy) is 1. The number of nitriles is 1. The van der Waals surface area contributed by atoms with Crippen molar-refractivity contribution in [2.75, 3.05) is 13.6 Å². The Labute approximate surface area is 212 Å². The summed E-state index contributed by atoms with van der Waals surface area (Å²) in [5.74, 6) is 1.54. The highest BCUT2D eigenvalue weighted by molar-refractivity contribution is 5.97. The molecule has 0 aliphatic heterocycles. The van der Waals surface area contributed by atoms with Crippen molar-refractivity contribution in [1.82, 2.24) is 16.0 Å².